The van der Waals surface area contributed by atoms with E-state index in [0.717, 1.165) is 36.8 Å². The van der Waals surface area contributed by atoms with Crippen LogP contribution in [0, 0.1) is 0 Å². The molecule has 0 fully saturated rings. The number of ether oxygens (including phenoxy) is 1. The van der Waals surface area contributed by atoms with Gasteiger partial charge in [-0.2, -0.15) is 5.10 Å². The number of nitrogens with one attached hydrogen (secondary N) is 2. The lowest BCUT2D eigenvalue weighted by molar-refractivity contribution is 0.340. The van der Waals surface area contributed by atoms with Crippen LogP contribution in [0.3, 0.4) is 0 Å². The maximum atomic E-state index is 5.51. The van der Waals surface area contributed by atoms with Crippen LogP contribution in [0.4, 0.5) is 0 Å². The summed E-state index contributed by atoms with van der Waals surface area (Å²) in [5.41, 5.74) is 1.16. The van der Waals surface area contributed by atoms with E-state index in [2.05, 4.69) is 26.8 Å². The van der Waals surface area contributed by atoms with Gasteiger partial charge < -0.3 is 15.4 Å². The van der Waals surface area contributed by atoms with Gasteiger partial charge in [0.1, 0.15) is 5.75 Å². The van der Waals surface area contributed by atoms with Gasteiger partial charge in [-0.3, -0.25) is 9.67 Å². The number of aromatic nitrogens is 2. The topological polar surface area (TPSA) is 63.5 Å². The molecule has 0 unspecified atom stereocenters. The highest BCUT2D eigenvalue weighted by Gasteiger charge is 2.00. The Morgan fingerprint density at radius 2 is 2.22 bits per heavy atom. The predicted octanol–water partition coefficient (Wildman–Crippen LogP) is 2.04. The van der Waals surface area contributed by atoms with Crippen molar-refractivity contribution in [2.24, 2.45) is 4.99 Å². The SMILES string of the molecule is CCOc1cccc(CNC(=NC)NCCCn2cccn2)c1. The molecule has 0 spiro atoms. The Morgan fingerprint density at radius 1 is 1.30 bits per heavy atom. The summed E-state index contributed by atoms with van der Waals surface area (Å²) in [6, 6.07) is 10.0. The predicted molar refractivity (Wildman–Crippen MR) is 92.7 cm³/mol. The van der Waals surface area contributed by atoms with Crippen molar-refractivity contribution < 1.29 is 4.74 Å². The van der Waals surface area contributed by atoms with E-state index < -0.39 is 0 Å². The van der Waals surface area contributed by atoms with Crippen molar-refractivity contribution in [3.63, 3.8) is 0 Å². The molecular formula is C17H25N5O. The Labute approximate surface area is 137 Å². The molecular weight excluding hydrogens is 290 g/mol. The van der Waals surface area contributed by atoms with E-state index in [1.807, 2.05) is 42.1 Å². The second kappa shape index (κ2) is 9.50. The summed E-state index contributed by atoms with van der Waals surface area (Å²) in [5.74, 6) is 1.70. The van der Waals surface area contributed by atoms with Gasteiger partial charge in [0.2, 0.25) is 0 Å². The molecule has 0 saturated heterocycles. The van der Waals surface area contributed by atoms with E-state index in [1.165, 1.54) is 0 Å². The van der Waals surface area contributed by atoms with Crippen molar-refractivity contribution in [1.82, 2.24) is 20.4 Å². The Bertz CT molecular complexity index is 595. The molecule has 1 aromatic heterocycles. The number of benzene rings is 1. The third-order valence-corrected chi connectivity index (χ3v) is 3.31. The first-order chi connectivity index (χ1) is 11.3. The minimum absolute atomic E-state index is 0.677. The highest BCUT2D eigenvalue weighted by molar-refractivity contribution is 5.79. The number of hydrogen-bond donors (Lipinski definition) is 2. The molecule has 0 saturated carbocycles. The molecule has 0 aliphatic carbocycles. The van der Waals surface area contributed by atoms with Crippen molar-refractivity contribution in [1.29, 1.82) is 0 Å². The third kappa shape index (κ3) is 6.02. The Kier molecular flexibility index (Phi) is 6.97. The van der Waals surface area contributed by atoms with Crippen LogP contribution in [0.2, 0.25) is 0 Å². The summed E-state index contributed by atoms with van der Waals surface area (Å²) in [5, 5.41) is 10.8. The lowest BCUT2D eigenvalue weighted by Gasteiger charge is -2.12. The fourth-order valence-electron chi connectivity index (χ4n) is 2.20. The molecule has 0 amide bonds. The molecule has 0 aliphatic rings. The molecule has 6 nitrogen and oxygen atoms in total. The van der Waals surface area contributed by atoms with E-state index in [9.17, 15) is 0 Å². The number of hydrogen-bond acceptors (Lipinski definition) is 3. The first kappa shape index (κ1) is 16.9. The smallest absolute Gasteiger partial charge is 0.191 e. The number of nitrogens with zero attached hydrogens (tertiary/aromatic N) is 3. The normalized spacial score (nSPS) is 11.3. The van der Waals surface area contributed by atoms with E-state index in [0.29, 0.717) is 13.2 Å². The summed E-state index contributed by atoms with van der Waals surface area (Å²) in [6.07, 6.45) is 4.75. The van der Waals surface area contributed by atoms with Crippen LogP contribution in [-0.4, -0.2) is 35.9 Å². The van der Waals surface area contributed by atoms with Crippen LogP contribution in [0.5, 0.6) is 5.75 Å². The second-order valence-electron chi connectivity index (χ2n) is 5.06. The zero-order valence-electron chi connectivity index (χ0n) is 13.8. The van der Waals surface area contributed by atoms with Crippen molar-refractivity contribution in [2.45, 2.75) is 26.4 Å². The van der Waals surface area contributed by atoms with Crippen LogP contribution >= 0.6 is 0 Å². The summed E-state index contributed by atoms with van der Waals surface area (Å²) in [4.78, 5) is 4.24. The average molecular weight is 315 g/mol. The monoisotopic (exact) mass is 315 g/mol. The molecule has 2 rings (SSSR count). The zero-order valence-corrected chi connectivity index (χ0v) is 13.8. The molecule has 2 N–H and O–H groups in total. The average Bonchev–Trinajstić information content (AvgIpc) is 3.08. The standard InChI is InChI=1S/C17H25N5O/c1-3-23-16-8-4-7-15(13-16)14-20-17(18-2)19-9-5-11-22-12-6-10-21-22/h4,6-8,10,12-13H,3,5,9,11,14H2,1-2H3,(H2,18,19,20). The molecule has 6 heteroatoms. The van der Waals surface area contributed by atoms with Crippen LogP contribution in [0.1, 0.15) is 18.9 Å². The molecule has 0 radical (unpaired) electrons. The fraction of sp³-hybridized carbons (Fsp3) is 0.412. The summed E-state index contributed by atoms with van der Waals surface area (Å²) in [6.45, 7) is 5.11. The zero-order chi connectivity index (χ0) is 16.3. The minimum Gasteiger partial charge on any atom is -0.494 e. The van der Waals surface area contributed by atoms with E-state index in [1.54, 1.807) is 13.2 Å². The summed E-state index contributed by atoms with van der Waals surface area (Å²) >= 11 is 0. The molecule has 2 aromatic rings. The van der Waals surface area contributed by atoms with Gasteiger partial charge in [-0.15, -0.1) is 0 Å². The molecule has 0 bridgehead atoms. The third-order valence-electron chi connectivity index (χ3n) is 3.31. The van der Waals surface area contributed by atoms with Gasteiger partial charge in [0.15, 0.2) is 5.96 Å². The van der Waals surface area contributed by atoms with Gasteiger partial charge in [0.05, 0.1) is 6.61 Å². The van der Waals surface area contributed by atoms with Gasteiger partial charge >= 0.3 is 0 Å². The lowest BCUT2D eigenvalue weighted by Crippen LogP contribution is -2.37. The molecule has 1 aromatic carbocycles. The Morgan fingerprint density at radius 3 is 2.96 bits per heavy atom. The maximum absolute atomic E-state index is 5.51. The Balaban J connectivity index is 1.71. The minimum atomic E-state index is 0.677. The highest BCUT2D eigenvalue weighted by atomic mass is 16.5. The van der Waals surface area contributed by atoms with E-state index in [4.69, 9.17) is 4.74 Å². The van der Waals surface area contributed by atoms with Gasteiger partial charge in [0.25, 0.3) is 0 Å². The quantitative estimate of drug-likeness (QED) is 0.444. The number of aliphatic imine (C=N–C) groups is 1. The molecule has 124 valence electrons. The first-order valence-electron chi connectivity index (χ1n) is 7.95. The molecule has 1 heterocycles. The van der Waals surface area contributed by atoms with Crippen LogP contribution in [0.25, 0.3) is 0 Å². The summed E-state index contributed by atoms with van der Waals surface area (Å²) in [7, 11) is 1.78. The largest absolute Gasteiger partial charge is 0.494 e. The first-order valence-corrected chi connectivity index (χ1v) is 7.95. The molecule has 0 atom stereocenters. The van der Waals surface area contributed by atoms with Crippen LogP contribution in [0.15, 0.2) is 47.7 Å². The number of guanidine groups is 1. The summed E-state index contributed by atoms with van der Waals surface area (Å²) < 4.78 is 7.44. The maximum Gasteiger partial charge on any atom is 0.191 e. The van der Waals surface area contributed by atoms with Gasteiger partial charge in [0, 0.05) is 39.1 Å². The van der Waals surface area contributed by atoms with E-state index >= 15 is 0 Å². The number of aryl methyl sites for hydroxylation is 1. The van der Waals surface area contributed by atoms with Crippen LogP contribution < -0.4 is 15.4 Å². The van der Waals surface area contributed by atoms with Crippen molar-refractivity contribution in [3.8, 4) is 5.75 Å². The highest BCUT2D eigenvalue weighted by Crippen LogP contribution is 2.12. The second-order valence-corrected chi connectivity index (χ2v) is 5.06. The van der Waals surface area contributed by atoms with Crippen molar-refractivity contribution >= 4 is 5.96 Å². The fourth-order valence-corrected chi connectivity index (χ4v) is 2.20. The van der Waals surface area contributed by atoms with Gasteiger partial charge in [-0.05, 0) is 37.1 Å². The molecule has 0 aliphatic heterocycles. The lowest BCUT2D eigenvalue weighted by atomic mass is 10.2. The molecule has 23 heavy (non-hydrogen) atoms. The van der Waals surface area contributed by atoms with Crippen molar-refractivity contribution in [3.05, 3.63) is 48.3 Å². The Hall–Kier alpha value is -2.50. The van der Waals surface area contributed by atoms with E-state index in [-0.39, 0.29) is 0 Å². The number of rotatable bonds is 8. The van der Waals surface area contributed by atoms with Gasteiger partial charge in [-0.1, -0.05) is 12.1 Å². The van der Waals surface area contributed by atoms with Gasteiger partial charge in [-0.25, -0.2) is 0 Å². The van der Waals surface area contributed by atoms with Crippen molar-refractivity contribution in [2.75, 3.05) is 20.2 Å². The van der Waals surface area contributed by atoms with Crippen LogP contribution in [-0.2, 0) is 13.1 Å².